The lowest BCUT2D eigenvalue weighted by Gasteiger charge is -2.39. The van der Waals surface area contributed by atoms with Crippen LogP contribution in [0.4, 0.5) is 0 Å². The molecule has 0 saturated carbocycles. The van der Waals surface area contributed by atoms with E-state index in [0.29, 0.717) is 13.1 Å². The second-order valence-corrected chi connectivity index (χ2v) is 6.20. The van der Waals surface area contributed by atoms with Crippen molar-refractivity contribution in [3.8, 4) is 11.3 Å². The van der Waals surface area contributed by atoms with Crippen LogP contribution in [0.15, 0.2) is 36.8 Å². The number of fused-ring (bicyclic) bond motifs is 3. The minimum absolute atomic E-state index is 0.0349. The minimum Gasteiger partial charge on any atom is -0.391 e. The topological polar surface area (TPSA) is 58.4 Å². The normalized spacial score (nSPS) is 26.6. The highest BCUT2D eigenvalue weighted by Crippen LogP contribution is 2.45. The summed E-state index contributed by atoms with van der Waals surface area (Å²) in [6.07, 6.45) is 4.03. The van der Waals surface area contributed by atoms with Gasteiger partial charge in [-0.25, -0.2) is 4.98 Å². The molecule has 2 aromatic rings. The highest BCUT2D eigenvalue weighted by molar-refractivity contribution is 5.73. The number of amides is 1. The van der Waals surface area contributed by atoms with E-state index in [-0.39, 0.29) is 17.9 Å². The average Bonchev–Trinajstić information content (AvgIpc) is 3.08. The van der Waals surface area contributed by atoms with E-state index in [4.69, 9.17) is 0 Å². The van der Waals surface area contributed by atoms with Gasteiger partial charge in [-0.15, -0.1) is 0 Å². The van der Waals surface area contributed by atoms with Crippen LogP contribution in [0.5, 0.6) is 0 Å². The van der Waals surface area contributed by atoms with Gasteiger partial charge in [0.15, 0.2) is 0 Å². The van der Waals surface area contributed by atoms with E-state index in [1.54, 1.807) is 11.8 Å². The number of aliphatic hydroxyl groups excluding tert-OH is 1. The second kappa shape index (κ2) is 4.95. The van der Waals surface area contributed by atoms with Gasteiger partial charge in [0, 0.05) is 31.5 Å². The van der Waals surface area contributed by atoms with Crippen LogP contribution in [0, 0.1) is 5.92 Å². The van der Waals surface area contributed by atoms with Crippen LogP contribution in [0.3, 0.4) is 0 Å². The summed E-state index contributed by atoms with van der Waals surface area (Å²) in [5.74, 6) is 0.139. The predicted molar refractivity (Wildman–Crippen MR) is 82.2 cm³/mol. The Morgan fingerprint density at radius 3 is 2.95 bits per heavy atom. The molecule has 1 fully saturated rings. The molecule has 114 valence electrons. The summed E-state index contributed by atoms with van der Waals surface area (Å²) in [5, 5.41) is 10.6. The lowest BCUT2D eigenvalue weighted by Crippen LogP contribution is -2.48. The molecule has 0 unspecified atom stereocenters. The van der Waals surface area contributed by atoms with E-state index in [2.05, 4.69) is 21.7 Å². The number of β-amino-alcohol motifs (C(OH)–C–C–N with tert-alkyl or cyclic N) is 1. The molecule has 2 aliphatic heterocycles. The van der Waals surface area contributed by atoms with E-state index in [1.165, 1.54) is 11.1 Å². The number of hydrogen-bond acceptors (Lipinski definition) is 3. The van der Waals surface area contributed by atoms with E-state index < -0.39 is 6.10 Å². The van der Waals surface area contributed by atoms with Crippen molar-refractivity contribution < 1.29 is 9.90 Å². The zero-order valence-corrected chi connectivity index (χ0v) is 12.5. The Labute approximate surface area is 129 Å². The molecule has 1 aromatic carbocycles. The zero-order valence-electron chi connectivity index (χ0n) is 12.5. The molecule has 3 atom stereocenters. The second-order valence-electron chi connectivity index (χ2n) is 6.20. The Bertz CT molecular complexity index is 724. The van der Waals surface area contributed by atoms with Crippen molar-refractivity contribution in [2.24, 2.45) is 5.92 Å². The lowest BCUT2D eigenvalue weighted by molar-refractivity contribution is -0.133. The van der Waals surface area contributed by atoms with Crippen LogP contribution in [-0.2, 0) is 4.79 Å². The molecular formula is C17H19N3O2. The Morgan fingerprint density at radius 2 is 2.18 bits per heavy atom. The monoisotopic (exact) mass is 297 g/mol. The fraction of sp³-hybridized carbons (Fsp3) is 0.412. The Hall–Kier alpha value is -2.14. The van der Waals surface area contributed by atoms with Crippen LogP contribution in [0.2, 0.25) is 0 Å². The summed E-state index contributed by atoms with van der Waals surface area (Å²) in [4.78, 5) is 17.5. The number of nitrogens with zero attached hydrogens (tertiary/aromatic N) is 3. The van der Waals surface area contributed by atoms with Gasteiger partial charge in [-0.1, -0.05) is 24.3 Å². The van der Waals surface area contributed by atoms with E-state index in [0.717, 1.165) is 12.1 Å². The largest absolute Gasteiger partial charge is 0.391 e. The van der Waals surface area contributed by atoms with Crippen molar-refractivity contribution in [1.29, 1.82) is 0 Å². The Kier molecular flexibility index (Phi) is 3.04. The molecule has 0 bridgehead atoms. The van der Waals surface area contributed by atoms with Crippen LogP contribution in [0.25, 0.3) is 11.3 Å². The predicted octanol–water partition coefficient (Wildman–Crippen LogP) is 1.68. The van der Waals surface area contributed by atoms with Crippen molar-refractivity contribution in [2.45, 2.75) is 25.5 Å². The molecule has 0 aliphatic carbocycles. The van der Waals surface area contributed by atoms with Crippen molar-refractivity contribution in [3.05, 3.63) is 42.4 Å². The number of imidazole rings is 1. The summed E-state index contributed by atoms with van der Waals surface area (Å²) in [7, 11) is 0. The van der Waals surface area contributed by atoms with Gasteiger partial charge in [0.2, 0.25) is 5.91 Å². The molecule has 1 saturated heterocycles. The van der Waals surface area contributed by atoms with Crippen molar-refractivity contribution in [3.63, 3.8) is 0 Å². The Balaban J connectivity index is 1.70. The van der Waals surface area contributed by atoms with E-state index in [9.17, 15) is 9.90 Å². The first-order valence-corrected chi connectivity index (χ1v) is 7.71. The molecule has 2 aliphatic rings. The molecule has 1 aromatic heterocycles. The third-order valence-corrected chi connectivity index (χ3v) is 5.01. The average molecular weight is 297 g/mol. The first-order chi connectivity index (χ1) is 10.7. The third kappa shape index (κ3) is 1.89. The number of carbonyl (C=O) groups is 1. The lowest BCUT2D eigenvalue weighted by atomic mass is 9.83. The number of piperidine rings is 1. The van der Waals surface area contributed by atoms with Gasteiger partial charge in [-0.05, 0) is 12.0 Å². The molecule has 3 heterocycles. The summed E-state index contributed by atoms with van der Waals surface area (Å²) in [6.45, 7) is 2.69. The number of likely N-dealkylation sites (tertiary alicyclic amines) is 1. The fourth-order valence-corrected chi connectivity index (χ4v) is 3.91. The summed E-state index contributed by atoms with van der Waals surface area (Å²) in [6, 6.07) is 8.44. The quantitative estimate of drug-likeness (QED) is 0.871. The van der Waals surface area contributed by atoms with Crippen LogP contribution in [0.1, 0.15) is 24.9 Å². The molecule has 5 heteroatoms. The molecular weight excluding hydrogens is 278 g/mol. The highest BCUT2D eigenvalue weighted by atomic mass is 16.3. The molecule has 22 heavy (non-hydrogen) atoms. The number of rotatable bonds is 1. The highest BCUT2D eigenvalue weighted by Gasteiger charge is 2.40. The van der Waals surface area contributed by atoms with Crippen LogP contribution in [-0.4, -0.2) is 44.7 Å². The SMILES string of the molecule is CC(=O)N1CC[C@@H]([C@@H]2c3ccccc3-c3cncn32)[C@H](O)C1. The number of benzene rings is 1. The first kappa shape index (κ1) is 13.5. The number of aromatic nitrogens is 2. The van der Waals surface area contributed by atoms with Crippen molar-refractivity contribution in [1.82, 2.24) is 14.5 Å². The molecule has 0 spiro atoms. The first-order valence-electron chi connectivity index (χ1n) is 7.71. The Morgan fingerprint density at radius 1 is 1.36 bits per heavy atom. The van der Waals surface area contributed by atoms with Crippen molar-refractivity contribution in [2.75, 3.05) is 13.1 Å². The standard InChI is InChI=1S/C17H19N3O2/c1-11(21)19-7-6-14(16(22)9-19)17-13-5-3-2-4-12(13)15-8-18-10-20(15)17/h2-5,8,10,14,16-17,22H,6-7,9H2,1H3/t14-,16-,17+/m1/s1. The summed E-state index contributed by atoms with van der Waals surface area (Å²) in [5.41, 5.74) is 3.56. The van der Waals surface area contributed by atoms with Crippen LogP contribution < -0.4 is 0 Å². The zero-order chi connectivity index (χ0) is 15.3. The smallest absolute Gasteiger partial charge is 0.219 e. The molecule has 0 radical (unpaired) electrons. The minimum atomic E-state index is -0.510. The maximum atomic E-state index is 11.5. The number of carbonyl (C=O) groups excluding carboxylic acids is 1. The summed E-state index contributed by atoms with van der Waals surface area (Å²) >= 11 is 0. The van der Waals surface area contributed by atoms with Gasteiger partial charge in [-0.2, -0.15) is 0 Å². The molecule has 1 N–H and O–H groups in total. The van der Waals surface area contributed by atoms with Gasteiger partial charge >= 0.3 is 0 Å². The van der Waals surface area contributed by atoms with Crippen molar-refractivity contribution >= 4 is 5.91 Å². The van der Waals surface area contributed by atoms with Gasteiger partial charge < -0.3 is 14.6 Å². The maximum Gasteiger partial charge on any atom is 0.219 e. The summed E-state index contributed by atoms with van der Waals surface area (Å²) < 4.78 is 2.17. The number of aliphatic hydroxyl groups is 1. The third-order valence-electron chi connectivity index (χ3n) is 5.01. The maximum absolute atomic E-state index is 11.5. The van der Waals surface area contributed by atoms with Crippen LogP contribution >= 0.6 is 0 Å². The van der Waals surface area contributed by atoms with Gasteiger partial charge in [0.1, 0.15) is 0 Å². The molecule has 1 amide bonds. The van der Waals surface area contributed by atoms with E-state index in [1.807, 2.05) is 24.7 Å². The molecule has 4 rings (SSSR count). The van der Waals surface area contributed by atoms with E-state index >= 15 is 0 Å². The number of hydrogen-bond donors (Lipinski definition) is 1. The van der Waals surface area contributed by atoms with Gasteiger partial charge in [0.25, 0.3) is 0 Å². The van der Waals surface area contributed by atoms with Gasteiger partial charge in [-0.3, -0.25) is 4.79 Å². The molecule has 5 nitrogen and oxygen atoms in total. The van der Waals surface area contributed by atoms with Gasteiger partial charge in [0.05, 0.1) is 30.4 Å². The fourth-order valence-electron chi connectivity index (χ4n) is 3.91.